The van der Waals surface area contributed by atoms with E-state index in [0.717, 1.165) is 6.42 Å². The van der Waals surface area contributed by atoms with Crippen molar-refractivity contribution in [3.05, 3.63) is 24.3 Å². The lowest BCUT2D eigenvalue weighted by molar-refractivity contribution is -0.114. The van der Waals surface area contributed by atoms with Gasteiger partial charge in [-0.1, -0.05) is 25.6 Å². The number of thiocarbonyl (C=S) groups is 1. The topological polar surface area (TPSA) is 101 Å². The SMILES string of the molecule is CCCC(NS(=O)(=O)c1ccc(NC(C)=O)cc1)C(N)=S. The number of carbonyl (C=O) groups excluding carboxylic acids is 1. The molecule has 21 heavy (non-hydrogen) atoms. The lowest BCUT2D eigenvalue weighted by atomic mass is 10.2. The van der Waals surface area contributed by atoms with Gasteiger partial charge in [-0.15, -0.1) is 0 Å². The van der Waals surface area contributed by atoms with Crippen LogP contribution in [0.15, 0.2) is 29.2 Å². The molecule has 0 aliphatic rings. The molecular weight excluding hydrogens is 310 g/mol. The molecule has 116 valence electrons. The summed E-state index contributed by atoms with van der Waals surface area (Å²) >= 11 is 4.87. The van der Waals surface area contributed by atoms with Crippen molar-refractivity contribution in [1.29, 1.82) is 0 Å². The van der Waals surface area contributed by atoms with Gasteiger partial charge in [0.05, 0.1) is 15.9 Å². The fourth-order valence-electron chi connectivity index (χ4n) is 1.72. The smallest absolute Gasteiger partial charge is 0.241 e. The molecule has 6 nitrogen and oxygen atoms in total. The van der Waals surface area contributed by atoms with Crippen LogP contribution in [0, 0.1) is 0 Å². The number of hydrogen-bond acceptors (Lipinski definition) is 4. The monoisotopic (exact) mass is 329 g/mol. The van der Waals surface area contributed by atoms with E-state index in [9.17, 15) is 13.2 Å². The van der Waals surface area contributed by atoms with Crippen LogP contribution in [0.5, 0.6) is 0 Å². The molecule has 0 aliphatic heterocycles. The molecule has 1 rings (SSSR count). The summed E-state index contributed by atoms with van der Waals surface area (Å²) in [6.45, 7) is 3.30. The van der Waals surface area contributed by atoms with E-state index in [4.69, 9.17) is 18.0 Å². The number of amides is 1. The third-order valence-corrected chi connectivity index (χ3v) is 4.48. The molecular formula is C13H19N3O3S2. The van der Waals surface area contributed by atoms with Crippen LogP contribution in [0.1, 0.15) is 26.7 Å². The molecule has 0 aromatic heterocycles. The fraction of sp³-hybridized carbons (Fsp3) is 0.385. The Labute approximate surface area is 130 Å². The van der Waals surface area contributed by atoms with Crippen LogP contribution in [-0.2, 0) is 14.8 Å². The van der Waals surface area contributed by atoms with E-state index in [2.05, 4.69) is 10.0 Å². The molecule has 0 radical (unpaired) electrons. The Morgan fingerprint density at radius 1 is 1.33 bits per heavy atom. The third-order valence-electron chi connectivity index (χ3n) is 2.70. The van der Waals surface area contributed by atoms with E-state index < -0.39 is 16.1 Å². The first kappa shape index (κ1) is 17.5. The van der Waals surface area contributed by atoms with Gasteiger partial charge < -0.3 is 11.1 Å². The standard InChI is InChI=1S/C13H19N3O3S2/c1-3-4-12(13(14)20)16-21(18,19)11-7-5-10(6-8-11)15-9(2)17/h5-8,12,16H,3-4H2,1-2H3,(H2,14,20)(H,15,17). The van der Waals surface area contributed by atoms with E-state index in [-0.39, 0.29) is 15.8 Å². The summed E-state index contributed by atoms with van der Waals surface area (Å²) < 4.78 is 27.0. The van der Waals surface area contributed by atoms with Gasteiger partial charge in [-0.3, -0.25) is 4.79 Å². The zero-order valence-corrected chi connectivity index (χ0v) is 13.6. The van der Waals surface area contributed by atoms with Crippen molar-refractivity contribution in [2.45, 2.75) is 37.6 Å². The summed E-state index contributed by atoms with van der Waals surface area (Å²) in [6.07, 6.45) is 1.30. The summed E-state index contributed by atoms with van der Waals surface area (Å²) in [5.41, 5.74) is 6.07. The van der Waals surface area contributed by atoms with E-state index in [1.165, 1.54) is 31.2 Å². The minimum absolute atomic E-state index is 0.0916. The summed E-state index contributed by atoms with van der Waals surface area (Å²) in [5, 5.41) is 2.57. The molecule has 1 atom stereocenters. The summed E-state index contributed by atoms with van der Waals surface area (Å²) in [7, 11) is -3.70. The van der Waals surface area contributed by atoms with Crippen LogP contribution >= 0.6 is 12.2 Å². The maximum Gasteiger partial charge on any atom is 0.241 e. The zero-order chi connectivity index (χ0) is 16.0. The van der Waals surface area contributed by atoms with E-state index in [1.54, 1.807) is 0 Å². The van der Waals surface area contributed by atoms with Crippen LogP contribution in [0.3, 0.4) is 0 Å². The lowest BCUT2D eigenvalue weighted by Crippen LogP contribution is -2.43. The highest BCUT2D eigenvalue weighted by molar-refractivity contribution is 7.89. The molecule has 1 unspecified atom stereocenters. The highest BCUT2D eigenvalue weighted by Crippen LogP contribution is 2.15. The second kappa shape index (κ2) is 7.48. The van der Waals surface area contributed by atoms with Crippen molar-refractivity contribution in [3.8, 4) is 0 Å². The Bertz CT molecular complexity index is 612. The minimum Gasteiger partial charge on any atom is -0.392 e. The normalized spacial score (nSPS) is 12.7. The molecule has 0 bridgehead atoms. The first-order valence-corrected chi connectivity index (χ1v) is 8.34. The first-order valence-electron chi connectivity index (χ1n) is 6.45. The Kier molecular flexibility index (Phi) is 6.25. The quantitative estimate of drug-likeness (QED) is 0.656. The molecule has 0 aliphatic carbocycles. The summed E-state index contributed by atoms with van der Waals surface area (Å²) in [5.74, 6) is -0.222. The highest BCUT2D eigenvalue weighted by Gasteiger charge is 2.21. The van der Waals surface area contributed by atoms with Gasteiger partial charge in [0.1, 0.15) is 0 Å². The number of carbonyl (C=O) groups is 1. The second-order valence-electron chi connectivity index (χ2n) is 4.57. The lowest BCUT2D eigenvalue weighted by Gasteiger charge is -2.16. The van der Waals surface area contributed by atoms with Crippen molar-refractivity contribution in [3.63, 3.8) is 0 Å². The van der Waals surface area contributed by atoms with Crippen molar-refractivity contribution >= 4 is 38.8 Å². The van der Waals surface area contributed by atoms with Gasteiger partial charge in [0.25, 0.3) is 0 Å². The van der Waals surface area contributed by atoms with E-state index >= 15 is 0 Å². The molecule has 1 aromatic carbocycles. The average molecular weight is 329 g/mol. The predicted octanol–water partition coefficient (Wildman–Crippen LogP) is 1.38. The van der Waals surface area contributed by atoms with Crippen LogP contribution in [-0.4, -0.2) is 25.4 Å². The van der Waals surface area contributed by atoms with Gasteiger partial charge in [-0.05, 0) is 30.7 Å². The number of nitrogens with one attached hydrogen (secondary N) is 2. The summed E-state index contributed by atoms with van der Waals surface area (Å²) in [4.78, 5) is 11.1. The highest BCUT2D eigenvalue weighted by atomic mass is 32.2. The number of benzene rings is 1. The molecule has 0 spiro atoms. The average Bonchev–Trinajstić information content (AvgIpc) is 2.37. The van der Waals surface area contributed by atoms with Gasteiger partial charge in [-0.25, -0.2) is 13.1 Å². The number of hydrogen-bond donors (Lipinski definition) is 3. The Hall–Kier alpha value is -1.51. The largest absolute Gasteiger partial charge is 0.392 e. The van der Waals surface area contributed by atoms with Crippen molar-refractivity contribution in [1.82, 2.24) is 4.72 Å². The molecule has 0 saturated heterocycles. The molecule has 1 amide bonds. The molecule has 8 heteroatoms. The molecule has 1 aromatic rings. The Morgan fingerprint density at radius 2 is 1.90 bits per heavy atom. The second-order valence-corrected chi connectivity index (χ2v) is 6.76. The maximum absolute atomic E-state index is 12.2. The zero-order valence-electron chi connectivity index (χ0n) is 11.9. The Morgan fingerprint density at radius 3 is 2.33 bits per heavy atom. The van der Waals surface area contributed by atoms with Gasteiger partial charge in [0, 0.05) is 12.6 Å². The molecule has 0 heterocycles. The van der Waals surface area contributed by atoms with Gasteiger partial charge >= 0.3 is 0 Å². The molecule has 0 saturated carbocycles. The molecule has 4 N–H and O–H groups in total. The van der Waals surface area contributed by atoms with Gasteiger partial charge in [0.15, 0.2) is 0 Å². The minimum atomic E-state index is -3.70. The predicted molar refractivity (Wildman–Crippen MR) is 86.5 cm³/mol. The third kappa shape index (κ3) is 5.41. The number of rotatable bonds is 7. The van der Waals surface area contributed by atoms with Crippen LogP contribution < -0.4 is 15.8 Å². The number of sulfonamides is 1. The summed E-state index contributed by atoms with van der Waals surface area (Å²) in [6, 6.07) is 5.30. The van der Waals surface area contributed by atoms with E-state index in [0.29, 0.717) is 12.1 Å². The van der Waals surface area contributed by atoms with Crippen molar-refractivity contribution in [2.75, 3.05) is 5.32 Å². The molecule has 0 fully saturated rings. The fourth-order valence-corrected chi connectivity index (χ4v) is 3.23. The maximum atomic E-state index is 12.2. The Balaban J connectivity index is 2.91. The van der Waals surface area contributed by atoms with Crippen LogP contribution in [0.4, 0.5) is 5.69 Å². The number of nitrogens with two attached hydrogens (primary N) is 1. The first-order chi connectivity index (χ1) is 9.76. The number of anilines is 1. The van der Waals surface area contributed by atoms with Gasteiger partial charge in [-0.2, -0.15) is 0 Å². The van der Waals surface area contributed by atoms with E-state index in [1.807, 2.05) is 6.92 Å². The van der Waals surface area contributed by atoms with Crippen LogP contribution in [0.2, 0.25) is 0 Å². The van der Waals surface area contributed by atoms with Crippen molar-refractivity contribution < 1.29 is 13.2 Å². The van der Waals surface area contributed by atoms with Gasteiger partial charge in [0.2, 0.25) is 15.9 Å². The van der Waals surface area contributed by atoms with Crippen LogP contribution in [0.25, 0.3) is 0 Å². The van der Waals surface area contributed by atoms with Crippen molar-refractivity contribution in [2.24, 2.45) is 5.73 Å².